The van der Waals surface area contributed by atoms with Crippen LogP contribution in [0.2, 0.25) is 0 Å². The maximum absolute atomic E-state index is 15.4. The highest BCUT2D eigenvalue weighted by atomic mass is 16.7. The fourth-order valence-electron chi connectivity index (χ4n) is 10.9. The molecule has 0 radical (unpaired) electrons. The Morgan fingerprint density at radius 2 is 1.52 bits per heavy atom. The molecule has 0 aromatic heterocycles. The predicted octanol–water partition coefficient (Wildman–Crippen LogP) is 7.20. The molecule has 7 rings (SSSR count). The number of aliphatic hydroxyl groups excluding tert-OH is 1. The first-order chi connectivity index (χ1) is 32.3. The maximum atomic E-state index is 15.4. The summed E-state index contributed by atoms with van der Waals surface area (Å²) in [7, 11) is 0. The Morgan fingerprint density at radius 1 is 0.899 bits per heavy atom. The molecule has 1 heterocycles. The third-order valence-corrected chi connectivity index (χ3v) is 14.7. The molecule has 1 aliphatic heterocycles. The topological polar surface area (TPSA) is 220 Å². The zero-order chi connectivity index (χ0) is 50.4. The SMILES string of the molecule is CC(=O)O[C@@]12COC1C[C@H](C)[C@@]1(C)C(=O)[C@H](O)C3=C(C)C(OC(=O)C(OC(=O)OCc4ccc(C)cc4)[C@@H](NC(=O)OC(C)(C)C)c4ccccc4)C[C@@](O)([C@@H](OC(=O)c4ccccc4)[C@@H]12)C3(C)C. The van der Waals surface area contributed by atoms with Crippen molar-refractivity contribution in [3.05, 3.63) is 118 Å². The van der Waals surface area contributed by atoms with Crippen LogP contribution in [0.3, 0.4) is 0 Å². The molecule has 3 unspecified atom stereocenters. The normalized spacial score (nSPS) is 30.0. The zero-order valence-electron chi connectivity index (χ0n) is 40.7. The summed E-state index contributed by atoms with van der Waals surface area (Å²) < 4.78 is 41.9. The summed E-state index contributed by atoms with van der Waals surface area (Å²) in [5.41, 5.74) is -5.98. The van der Waals surface area contributed by atoms with Crippen LogP contribution in [0.25, 0.3) is 0 Å². The average molecular weight is 954 g/mol. The lowest BCUT2D eigenvalue weighted by molar-refractivity contribution is -0.340. The van der Waals surface area contributed by atoms with E-state index in [1.54, 1.807) is 116 Å². The molecule has 16 heteroatoms. The summed E-state index contributed by atoms with van der Waals surface area (Å²) in [6, 6.07) is 21.9. The van der Waals surface area contributed by atoms with Crippen LogP contribution < -0.4 is 5.32 Å². The number of esters is 3. The average Bonchev–Trinajstić information content (AvgIpc) is 3.28. The number of carbonyl (C=O) groups is 6. The van der Waals surface area contributed by atoms with Gasteiger partial charge in [-0.25, -0.2) is 19.2 Å². The number of fused-ring (bicyclic) bond motifs is 5. The molecule has 3 fully saturated rings. The van der Waals surface area contributed by atoms with Gasteiger partial charge in [-0.2, -0.15) is 0 Å². The van der Waals surface area contributed by atoms with Gasteiger partial charge in [-0.1, -0.05) is 106 Å². The molecule has 3 N–H and O–H groups in total. The molecular weight excluding hydrogens is 891 g/mol. The van der Waals surface area contributed by atoms with Crippen molar-refractivity contribution in [2.24, 2.45) is 22.7 Å². The van der Waals surface area contributed by atoms with Gasteiger partial charge in [-0.15, -0.1) is 0 Å². The van der Waals surface area contributed by atoms with Gasteiger partial charge in [0.15, 0.2) is 11.4 Å². The summed E-state index contributed by atoms with van der Waals surface area (Å²) in [6.45, 7) is 15.8. The molecule has 1 saturated heterocycles. The molecule has 2 saturated carbocycles. The molecule has 16 nitrogen and oxygen atoms in total. The van der Waals surface area contributed by atoms with Crippen LogP contribution in [0, 0.1) is 29.6 Å². The van der Waals surface area contributed by atoms with Gasteiger partial charge >= 0.3 is 30.2 Å². The Kier molecular flexibility index (Phi) is 14.0. The van der Waals surface area contributed by atoms with Crippen molar-refractivity contribution in [3.8, 4) is 0 Å². The number of rotatable bonds is 11. The van der Waals surface area contributed by atoms with E-state index in [0.29, 0.717) is 11.1 Å². The number of nitrogens with one attached hydrogen (secondary N) is 1. The van der Waals surface area contributed by atoms with Crippen LogP contribution in [0.1, 0.15) is 108 Å². The molecule has 3 aromatic rings. The van der Waals surface area contributed by atoms with Crippen LogP contribution in [0.4, 0.5) is 9.59 Å². The first kappa shape index (κ1) is 50.8. The first-order valence-corrected chi connectivity index (χ1v) is 23.2. The van der Waals surface area contributed by atoms with Gasteiger partial charge in [0.25, 0.3) is 0 Å². The third kappa shape index (κ3) is 9.50. The molecule has 11 atom stereocenters. The van der Waals surface area contributed by atoms with E-state index < -0.39 is 118 Å². The second-order valence-corrected chi connectivity index (χ2v) is 20.6. The van der Waals surface area contributed by atoms with E-state index in [9.17, 15) is 29.4 Å². The van der Waals surface area contributed by atoms with Crippen LogP contribution in [0.15, 0.2) is 96.1 Å². The number of ether oxygens (including phenoxy) is 7. The summed E-state index contributed by atoms with van der Waals surface area (Å²) >= 11 is 0. The molecular formula is C53H63NO15. The monoisotopic (exact) mass is 953 g/mol. The zero-order valence-corrected chi connectivity index (χ0v) is 40.7. The smallest absolute Gasteiger partial charge is 0.455 e. The second kappa shape index (κ2) is 19.0. The van der Waals surface area contributed by atoms with E-state index >= 15 is 9.59 Å². The minimum absolute atomic E-state index is 0.00155. The van der Waals surface area contributed by atoms with Gasteiger partial charge in [-0.05, 0) is 81.4 Å². The van der Waals surface area contributed by atoms with Crippen LogP contribution >= 0.6 is 0 Å². The van der Waals surface area contributed by atoms with Crippen molar-refractivity contribution in [1.29, 1.82) is 0 Å². The second-order valence-electron chi connectivity index (χ2n) is 20.6. The molecule has 0 spiro atoms. The van der Waals surface area contributed by atoms with Crippen molar-refractivity contribution >= 4 is 35.9 Å². The molecule has 1 amide bonds. The van der Waals surface area contributed by atoms with E-state index in [-0.39, 0.29) is 36.3 Å². The Labute approximate surface area is 402 Å². The van der Waals surface area contributed by atoms with Gasteiger partial charge in [0.2, 0.25) is 6.10 Å². The Hall–Kier alpha value is -6.10. The third-order valence-electron chi connectivity index (χ3n) is 14.7. The van der Waals surface area contributed by atoms with Crippen LogP contribution in [-0.2, 0) is 54.1 Å². The highest BCUT2D eigenvalue weighted by Gasteiger charge is 2.77. The lowest BCUT2D eigenvalue weighted by atomic mass is 9.43. The molecule has 370 valence electrons. The summed E-state index contributed by atoms with van der Waals surface area (Å²) in [6.07, 6.45) is -10.4. The molecule has 2 bridgehead atoms. The number of hydrogen-bond acceptors (Lipinski definition) is 15. The Morgan fingerprint density at radius 3 is 2.10 bits per heavy atom. The van der Waals surface area contributed by atoms with E-state index in [2.05, 4.69) is 5.32 Å². The van der Waals surface area contributed by atoms with Crippen molar-refractivity contribution in [1.82, 2.24) is 5.32 Å². The fraction of sp³-hybridized carbons (Fsp3) is 0.509. The highest BCUT2D eigenvalue weighted by Crippen LogP contribution is 2.65. The number of amides is 1. The van der Waals surface area contributed by atoms with Gasteiger partial charge in [0.1, 0.15) is 48.3 Å². The molecule has 69 heavy (non-hydrogen) atoms. The highest BCUT2D eigenvalue weighted by molar-refractivity contribution is 5.94. The number of aliphatic hydroxyl groups is 2. The maximum Gasteiger partial charge on any atom is 0.509 e. The van der Waals surface area contributed by atoms with Crippen LogP contribution in [-0.4, -0.2) is 100 Å². The molecule has 4 aliphatic rings. The van der Waals surface area contributed by atoms with Crippen molar-refractivity contribution in [3.63, 3.8) is 0 Å². The van der Waals surface area contributed by atoms with E-state index in [4.69, 9.17) is 33.2 Å². The summed E-state index contributed by atoms with van der Waals surface area (Å²) in [5, 5.41) is 29.0. The number of hydrogen-bond donors (Lipinski definition) is 3. The van der Waals surface area contributed by atoms with Crippen LogP contribution in [0.5, 0.6) is 0 Å². The number of aryl methyl sites for hydroxylation is 1. The van der Waals surface area contributed by atoms with Gasteiger partial charge in [0, 0.05) is 24.2 Å². The number of benzene rings is 3. The van der Waals surface area contributed by atoms with Gasteiger partial charge in [-0.3, -0.25) is 9.59 Å². The fourth-order valence-corrected chi connectivity index (χ4v) is 10.9. The minimum atomic E-state index is -2.33. The van der Waals surface area contributed by atoms with Crippen molar-refractivity contribution in [2.45, 2.75) is 142 Å². The first-order valence-electron chi connectivity index (χ1n) is 23.2. The van der Waals surface area contributed by atoms with Crippen molar-refractivity contribution in [2.75, 3.05) is 6.61 Å². The number of carbonyl (C=O) groups excluding carboxylic acids is 6. The Bertz CT molecular complexity index is 2480. The van der Waals surface area contributed by atoms with E-state index in [0.717, 1.165) is 5.56 Å². The Balaban J connectivity index is 1.35. The largest absolute Gasteiger partial charge is 0.509 e. The van der Waals surface area contributed by atoms with Gasteiger partial charge in [0.05, 0.1) is 18.1 Å². The summed E-state index contributed by atoms with van der Waals surface area (Å²) in [4.78, 5) is 85.1. The van der Waals surface area contributed by atoms with E-state index in [1.165, 1.54) is 19.1 Å². The van der Waals surface area contributed by atoms with E-state index in [1.807, 2.05) is 19.1 Å². The number of ketones is 1. The van der Waals surface area contributed by atoms with Crippen molar-refractivity contribution < 1.29 is 72.1 Å². The minimum Gasteiger partial charge on any atom is -0.455 e. The number of Topliss-reactive ketones (excluding diaryl/α,β-unsaturated/α-hetero) is 1. The summed E-state index contributed by atoms with van der Waals surface area (Å²) in [5.74, 6) is -5.41. The number of alkyl carbamates (subject to hydrolysis) is 1. The quantitative estimate of drug-likeness (QED) is 0.0983. The lowest BCUT2D eigenvalue weighted by Gasteiger charge is -2.68. The lowest BCUT2D eigenvalue weighted by Crippen LogP contribution is -2.80. The standard InChI is InChI=1S/C53H63NO15/c1-29-21-23-33(24-22-29)27-63-48(61)66-41(39(34-17-13-11-14-18-34)54-47(60)69-49(5,6)7)46(59)65-36-26-53(62)44(67-45(58)35-19-15-12-16-20-35)42-51(10,43(57)40(56)38(31(36)3)50(53,8)9)30(2)25-37-52(42,28-64-37)68-32(4)55/h11-24,30,36-37,39-42,44,56,62H,25-28H2,1-10H3,(H,54,60)/t30-,36?,37?,39-,40+,41?,42-,44-,51+,52-,53+/m0/s1. The van der Waals surface area contributed by atoms with Gasteiger partial charge < -0.3 is 48.7 Å². The molecule has 3 aromatic carbocycles. The predicted molar refractivity (Wildman–Crippen MR) is 247 cm³/mol. The molecule has 3 aliphatic carbocycles.